The van der Waals surface area contributed by atoms with E-state index in [0.29, 0.717) is 25.1 Å². The third-order valence-corrected chi connectivity index (χ3v) is 3.75. The molecule has 6 nitrogen and oxygen atoms in total. The molecule has 0 fully saturated rings. The Morgan fingerprint density at radius 2 is 1.92 bits per heavy atom. The average molecular weight is 351 g/mol. The Morgan fingerprint density at radius 3 is 2.69 bits per heavy atom. The lowest BCUT2D eigenvalue weighted by molar-refractivity contribution is -0.121. The third kappa shape index (κ3) is 5.95. The number of ether oxygens (including phenoxy) is 1. The summed E-state index contributed by atoms with van der Waals surface area (Å²) in [6, 6.07) is 16.6. The molecule has 0 bridgehead atoms. The quantitative estimate of drug-likeness (QED) is 0.765. The van der Waals surface area contributed by atoms with Gasteiger partial charge in [-0.15, -0.1) is 0 Å². The van der Waals surface area contributed by atoms with Crippen molar-refractivity contribution in [3.63, 3.8) is 0 Å². The zero-order valence-corrected chi connectivity index (χ0v) is 14.6. The van der Waals surface area contributed by atoms with Crippen LogP contribution in [0.25, 0.3) is 0 Å². The van der Waals surface area contributed by atoms with E-state index in [2.05, 4.69) is 10.6 Å². The monoisotopic (exact) mass is 351 g/mol. The predicted molar refractivity (Wildman–Crippen MR) is 98.5 cm³/mol. The van der Waals surface area contributed by atoms with Crippen LogP contribution in [0.2, 0.25) is 0 Å². The first kappa shape index (κ1) is 19.0. The zero-order chi connectivity index (χ0) is 18.8. The van der Waals surface area contributed by atoms with E-state index in [4.69, 9.17) is 10.00 Å². The van der Waals surface area contributed by atoms with Crippen molar-refractivity contribution in [1.29, 1.82) is 5.26 Å². The van der Waals surface area contributed by atoms with Gasteiger partial charge in [-0.25, -0.2) is 0 Å². The van der Waals surface area contributed by atoms with Crippen molar-refractivity contribution in [2.24, 2.45) is 0 Å². The summed E-state index contributed by atoms with van der Waals surface area (Å²) >= 11 is 0. The summed E-state index contributed by atoms with van der Waals surface area (Å²) in [4.78, 5) is 23.5. The first-order valence-electron chi connectivity index (χ1n) is 8.26. The number of carbonyl (C=O) groups is 2. The van der Waals surface area contributed by atoms with Gasteiger partial charge in [0.2, 0.25) is 11.8 Å². The van der Waals surface area contributed by atoms with Crippen molar-refractivity contribution in [2.45, 2.75) is 25.8 Å². The van der Waals surface area contributed by atoms with Gasteiger partial charge in [0.1, 0.15) is 12.2 Å². The summed E-state index contributed by atoms with van der Waals surface area (Å²) in [7, 11) is 1.61. The smallest absolute Gasteiger partial charge is 0.238 e. The fourth-order valence-corrected chi connectivity index (χ4v) is 2.48. The molecular weight excluding hydrogens is 330 g/mol. The van der Waals surface area contributed by atoms with Crippen molar-refractivity contribution < 1.29 is 14.3 Å². The van der Waals surface area contributed by atoms with Gasteiger partial charge in [0.15, 0.2) is 0 Å². The fourth-order valence-electron chi connectivity index (χ4n) is 2.48. The van der Waals surface area contributed by atoms with Crippen LogP contribution in [-0.2, 0) is 22.6 Å². The molecule has 0 spiro atoms. The van der Waals surface area contributed by atoms with Crippen LogP contribution in [0.5, 0.6) is 5.75 Å². The Balaban J connectivity index is 1.83. The second kappa shape index (κ2) is 9.84. The van der Waals surface area contributed by atoms with Crippen LogP contribution in [0.3, 0.4) is 0 Å². The molecule has 6 heteroatoms. The maximum Gasteiger partial charge on any atom is 0.238 e. The molecule has 134 valence electrons. The summed E-state index contributed by atoms with van der Waals surface area (Å²) in [6.07, 6.45) is 0.767. The second-order valence-corrected chi connectivity index (χ2v) is 5.67. The van der Waals surface area contributed by atoms with E-state index in [9.17, 15) is 9.59 Å². The Kier molecular flexibility index (Phi) is 7.19. The highest BCUT2D eigenvalue weighted by Gasteiger charge is 2.07. The topological polar surface area (TPSA) is 91.2 Å². The highest BCUT2D eigenvalue weighted by molar-refractivity contribution is 5.92. The van der Waals surface area contributed by atoms with Crippen LogP contribution in [0, 0.1) is 11.3 Å². The SMILES string of the molecule is COc1ccccc1CCC(=O)NCc1cccc(NC(=O)CC#N)c1. The highest BCUT2D eigenvalue weighted by atomic mass is 16.5. The lowest BCUT2D eigenvalue weighted by Gasteiger charge is -2.09. The molecule has 26 heavy (non-hydrogen) atoms. The number of hydrogen-bond donors (Lipinski definition) is 2. The van der Waals surface area contributed by atoms with Crippen molar-refractivity contribution in [3.8, 4) is 11.8 Å². The number of rotatable bonds is 8. The molecule has 2 rings (SSSR count). The van der Waals surface area contributed by atoms with Gasteiger partial charge in [-0.1, -0.05) is 30.3 Å². The van der Waals surface area contributed by atoms with Crippen LogP contribution < -0.4 is 15.4 Å². The van der Waals surface area contributed by atoms with Gasteiger partial charge in [0.05, 0.1) is 13.2 Å². The van der Waals surface area contributed by atoms with Gasteiger partial charge >= 0.3 is 0 Å². The molecule has 2 aromatic carbocycles. The van der Waals surface area contributed by atoms with Gasteiger partial charge < -0.3 is 15.4 Å². The summed E-state index contributed by atoms with van der Waals surface area (Å²) < 4.78 is 5.28. The van der Waals surface area contributed by atoms with E-state index >= 15 is 0 Å². The van der Waals surface area contributed by atoms with Crippen LogP contribution in [0.4, 0.5) is 5.69 Å². The van der Waals surface area contributed by atoms with Gasteiger partial charge in [-0.3, -0.25) is 9.59 Å². The summed E-state index contributed by atoms with van der Waals surface area (Å²) in [5.41, 5.74) is 2.46. The molecular formula is C20H21N3O3. The van der Waals surface area contributed by atoms with Crippen LogP contribution in [-0.4, -0.2) is 18.9 Å². The number of benzene rings is 2. The van der Waals surface area contributed by atoms with Crippen molar-refractivity contribution in [1.82, 2.24) is 5.32 Å². The molecule has 0 aliphatic rings. The summed E-state index contributed by atoms with van der Waals surface area (Å²) in [5.74, 6) is 0.362. The normalized spacial score (nSPS) is 9.85. The lowest BCUT2D eigenvalue weighted by atomic mass is 10.1. The molecule has 2 aromatic rings. The average Bonchev–Trinajstić information content (AvgIpc) is 2.65. The number of aryl methyl sites for hydroxylation is 1. The molecule has 0 atom stereocenters. The van der Waals surface area contributed by atoms with E-state index < -0.39 is 0 Å². The molecule has 0 saturated heterocycles. The maximum absolute atomic E-state index is 12.1. The predicted octanol–water partition coefficient (Wildman–Crippen LogP) is 2.80. The zero-order valence-electron chi connectivity index (χ0n) is 14.6. The Bertz CT molecular complexity index is 812. The van der Waals surface area contributed by atoms with Crippen LogP contribution >= 0.6 is 0 Å². The number of nitriles is 1. The molecule has 0 unspecified atom stereocenters. The van der Waals surface area contributed by atoms with E-state index in [1.54, 1.807) is 31.4 Å². The largest absolute Gasteiger partial charge is 0.496 e. The number of carbonyl (C=O) groups excluding carboxylic acids is 2. The first-order chi connectivity index (χ1) is 12.6. The van der Waals surface area contributed by atoms with Gasteiger partial charge in [0.25, 0.3) is 0 Å². The minimum atomic E-state index is -0.356. The Hall–Kier alpha value is -3.33. The number of amides is 2. The second-order valence-electron chi connectivity index (χ2n) is 5.67. The molecule has 0 aliphatic heterocycles. The molecule has 2 amide bonds. The third-order valence-electron chi connectivity index (χ3n) is 3.75. The molecule has 0 saturated carbocycles. The number of methoxy groups -OCH3 is 1. The fraction of sp³-hybridized carbons (Fsp3) is 0.250. The van der Waals surface area contributed by atoms with E-state index in [-0.39, 0.29) is 18.2 Å². The molecule has 0 aliphatic carbocycles. The van der Waals surface area contributed by atoms with E-state index in [1.165, 1.54) is 0 Å². The Labute approximate surface area is 152 Å². The van der Waals surface area contributed by atoms with Gasteiger partial charge in [-0.2, -0.15) is 5.26 Å². The highest BCUT2D eigenvalue weighted by Crippen LogP contribution is 2.18. The molecule has 0 heterocycles. The lowest BCUT2D eigenvalue weighted by Crippen LogP contribution is -2.23. The van der Waals surface area contributed by atoms with Crippen molar-refractivity contribution >= 4 is 17.5 Å². The first-order valence-corrected chi connectivity index (χ1v) is 8.26. The van der Waals surface area contributed by atoms with Crippen molar-refractivity contribution in [2.75, 3.05) is 12.4 Å². The summed E-state index contributed by atoms with van der Waals surface area (Å²) in [5, 5.41) is 14.0. The standard InChI is InChI=1S/C20H21N3O3/c1-26-18-8-3-2-6-16(18)9-10-19(24)22-14-15-5-4-7-17(13-15)23-20(25)11-12-21/h2-8,13H,9-11,14H2,1H3,(H,22,24)(H,23,25). The molecule has 0 radical (unpaired) electrons. The van der Waals surface area contributed by atoms with E-state index in [1.807, 2.05) is 30.3 Å². The van der Waals surface area contributed by atoms with Crippen LogP contribution in [0.1, 0.15) is 24.0 Å². The molecule has 2 N–H and O–H groups in total. The number of anilines is 1. The number of nitrogens with one attached hydrogen (secondary N) is 2. The number of hydrogen-bond acceptors (Lipinski definition) is 4. The number of para-hydroxylation sites is 1. The van der Waals surface area contributed by atoms with E-state index in [0.717, 1.165) is 16.9 Å². The molecule has 0 aromatic heterocycles. The minimum absolute atomic E-state index is 0.0603. The minimum Gasteiger partial charge on any atom is -0.496 e. The van der Waals surface area contributed by atoms with Gasteiger partial charge in [0, 0.05) is 18.7 Å². The van der Waals surface area contributed by atoms with Crippen molar-refractivity contribution in [3.05, 3.63) is 59.7 Å². The van der Waals surface area contributed by atoms with Crippen LogP contribution in [0.15, 0.2) is 48.5 Å². The van der Waals surface area contributed by atoms with Gasteiger partial charge in [-0.05, 0) is 35.7 Å². The Morgan fingerprint density at radius 1 is 1.12 bits per heavy atom. The number of nitrogens with zero attached hydrogens (tertiary/aromatic N) is 1. The maximum atomic E-state index is 12.1. The summed E-state index contributed by atoms with van der Waals surface area (Å²) in [6.45, 7) is 0.368.